The molecule has 2 saturated heterocycles. The standard InChI is InChI=1S/C29H42N2O6S/c1-38(32,33)31-11-9-30(10-12-31)13-14-34-27-6-4-23(5-7-27)24-3-2-8-28(20-24)35-29(37-36-28)25-16-21-15-22(18-25)19-26(29)17-21/h4-7,21-22,24-26H,2-3,8-20H2,1H3/t21?,22?,24-,25?,26?,28-,29?/m1/s1. The van der Waals surface area contributed by atoms with Gasteiger partial charge in [0, 0.05) is 57.4 Å². The van der Waals surface area contributed by atoms with Crippen molar-refractivity contribution in [1.29, 1.82) is 0 Å². The van der Waals surface area contributed by atoms with E-state index in [0.717, 1.165) is 62.9 Å². The second kappa shape index (κ2) is 9.70. The van der Waals surface area contributed by atoms with Gasteiger partial charge in [-0.3, -0.25) is 4.90 Å². The third-order valence-electron chi connectivity index (χ3n) is 10.4. The van der Waals surface area contributed by atoms with Crippen LogP contribution in [0.25, 0.3) is 0 Å². The number of piperazine rings is 1. The van der Waals surface area contributed by atoms with Crippen LogP contribution in [0.5, 0.6) is 5.75 Å². The van der Waals surface area contributed by atoms with Gasteiger partial charge in [-0.05, 0) is 80.4 Å². The molecule has 0 N–H and O–H groups in total. The monoisotopic (exact) mass is 546 g/mol. The molecular weight excluding hydrogens is 504 g/mol. The summed E-state index contributed by atoms with van der Waals surface area (Å²) in [5, 5.41) is 0. The first kappa shape index (κ1) is 25.7. The molecule has 1 aromatic carbocycles. The number of rotatable bonds is 6. The quantitative estimate of drug-likeness (QED) is 0.497. The minimum absolute atomic E-state index is 0.388. The molecule has 5 aliphatic carbocycles. The van der Waals surface area contributed by atoms with Gasteiger partial charge in [-0.25, -0.2) is 8.42 Å². The molecule has 38 heavy (non-hydrogen) atoms. The fraction of sp³-hybridized carbons (Fsp3) is 0.793. The second-order valence-corrected chi connectivity index (χ2v) is 14.9. The smallest absolute Gasteiger partial charge is 0.211 e. The van der Waals surface area contributed by atoms with Gasteiger partial charge in [0.1, 0.15) is 12.4 Å². The molecule has 7 fully saturated rings. The SMILES string of the molecule is CS(=O)(=O)N1CCN(CCOc2ccc([C@@H]3CCC[C@]4(C3)OOC3(O4)C4CC5CC(C4)CC3C5)cc2)CC1. The van der Waals surface area contributed by atoms with E-state index in [0.29, 0.717) is 37.5 Å². The van der Waals surface area contributed by atoms with E-state index in [9.17, 15) is 8.42 Å². The van der Waals surface area contributed by atoms with Crippen LogP contribution < -0.4 is 4.74 Å². The molecule has 0 unspecified atom stereocenters. The van der Waals surface area contributed by atoms with E-state index in [1.807, 2.05) is 0 Å². The Morgan fingerprint density at radius 1 is 0.947 bits per heavy atom. The zero-order chi connectivity index (χ0) is 26.0. The Balaban J connectivity index is 0.926. The lowest BCUT2D eigenvalue weighted by Crippen LogP contribution is -2.59. The average molecular weight is 547 g/mol. The van der Waals surface area contributed by atoms with Crippen molar-refractivity contribution in [2.75, 3.05) is 45.6 Å². The molecule has 2 spiro atoms. The molecule has 8 rings (SSSR count). The van der Waals surface area contributed by atoms with E-state index in [-0.39, 0.29) is 0 Å². The van der Waals surface area contributed by atoms with Crippen molar-refractivity contribution >= 4 is 10.0 Å². The number of hydrogen-bond donors (Lipinski definition) is 0. The minimum atomic E-state index is -3.09. The molecule has 7 aliphatic rings. The number of benzene rings is 1. The maximum absolute atomic E-state index is 11.7. The third kappa shape index (κ3) is 4.71. The van der Waals surface area contributed by atoms with Gasteiger partial charge in [0.05, 0.1) is 6.26 Å². The predicted molar refractivity (Wildman–Crippen MR) is 142 cm³/mol. The van der Waals surface area contributed by atoms with Gasteiger partial charge in [-0.1, -0.05) is 12.1 Å². The molecule has 0 radical (unpaired) electrons. The van der Waals surface area contributed by atoms with E-state index < -0.39 is 21.6 Å². The highest BCUT2D eigenvalue weighted by Crippen LogP contribution is 2.64. The van der Waals surface area contributed by atoms with Gasteiger partial charge < -0.3 is 9.47 Å². The number of hydrogen-bond acceptors (Lipinski definition) is 7. The van der Waals surface area contributed by atoms with Crippen LogP contribution in [0, 0.1) is 23.7 Å². The molecule has 9 heteroatoms. The van der Waals surface area contributed by atoms with Crippen molar-refractivity contribution in [2.24, 2.45) is 23.7 Å². The van der Waals surface area contributed by atoms with E-state index in [1.54, 1.807) is 4.31 Å². The van der Waals surface area contributed by atoms with Crippen LogP contribution in [-0.2, 0) is 24.5 Å². The summed E-state index contributed by atoms with van der Waals surface area (Å²) in [4.78, 5) is 14.7. The summed E-state index contributed by atoms with van der Waals surface area (Å²) in [5.41, 5.74) is 1.31. The molecule has 5 saturated carbocycles. The normalized spacial score (nSPS) is 41.3. The maximum Gasteiger partial charge on any atom is 0.211 e. The van der Waals surface area contributed by atoms with Gasteiger partial charge in [-0.15, -0.1) is 0 Å². The molecule has 1 aromatic rings. The fourth-order valence-electron chi connectivity index (χ4n) is 8.67. The highest BCUT2D eigenvalue weighted by Gasteiger charge is 2.67. The lowest BCUT2D eigenvalue weighted by atomic mass is 9.53. The Bertz CT molecular complexity index is 1090. The minimum Gasteiger partial charge on any atom is -0.492 e. The highest BCUT2D eigenvalue weighted by atomic mass is 32.2. The zero-order valence-corrected chi connectivity index (χ0v) is 23.4. The predicted octanol–water partition coefficient (Wildman–Crippen LogP) is 4.13. The first-order valence-corrected chi connectivity index (χ1v) is 16.6. The Morgan fingerprint density at radius 3 is 2.29 bits per heavy atom. The summed E-state index contributed by atoms with van der Waals surface area (Å²) in [6.07, 6.45) is 11.7. The fourth-order valence-corrected chi connectivity index (χ4v) is 9.50. The Hall–Kier alpha value is -1.23. The maximum atomic E-state index is 11.7. The van der Waals surface area contributed by atoms with Crippen molar-refractivity contribution in [2.45, 2.75) is 75.3 Å². The highest BCUT2D eigenvalue weighted by molar-refractivity contribution is 7.88. The molecule has 2 atom stereocenters. The van der Waals surface area contributed by atoms with Crippen LogP contribution in [0.2, 0.25) is 0 Å². The summed E-state index contributed by atoms with van der Waals surface area (Å²) >= 11 is 0. The van der Waals surface area contributed by atoms with Crippen molar-refractivity contribution in [3.8, 4) is 5.75 Å². The number of nitrogens with zero attached hydrogens (tertiary/aromatic N) is 2. The van der Waals surface area contributed by atoms with Crippen LogP contribution in [0.4, 0.5) is 0 Å². The van der Waals surface area contributed by atoms with Crippen LogP contribution in [0.15, 0.2) is 24.3 Å². The molecule has 2 heterocycles. The van der Waals surface area contributed by atoms with Gasteiger partial charge in [0.15, 0.2) is 0 Å². The van der Waals surface area contributed by atoms with Gasteiger partial charge in [-0.2, -0.15) is 14.1 Å². The van der Waals surface area contributed by atoms with Crippen LogP contribution in [-0.4, -0.2) is 74.8 Å². The molecule has 0 aromatic heterocycles. The molecule has 8 nitrogen and oxygen atoms in total. The lowest BCUT2D eigenvalue weighted by Gasteiger charge is -2.57. The Labute approximate surface area is 226 Å². The van der Waals surface area contributed by atoms with E-state index in [2.05, 4.69) is 29.2 Å². The van der Waals surface area contributed by atoms with Crippen LogP contribution in [0.3, 0.4) is 0 Å². The van der Waals surface area contributed by atoms with Crippen molar-refractivity contribution in [3.05, 3.63) is 29.8 Å². The first-order chi connectivity index (χ1) is 18.3. The summed E-state index contributed by atoms with van der Waals surface area (Å²) in [6.45, 7) is 3.99. The molecule has 2 aliphatic heterocycles. The topological polar surface area (TPSA) is 77.5 Å². The van der Waals surface area contributed by atoms with E-state index in [4.69, 9.17) is 19.2 Å². The Kier molecular flexibility index (Phi) is 6.57. The van der Waals surface area contributed by atoms with Crippen molar-refractivity contribution < 1.29 is 27.7 Å². The molecule has 4 bridgehead atoms. The average Bonchev–Trinajstić information content (AvgIpc) is 3.26. The lowest BCUT2D eigenvalue weighted by molar-refractivity contribution is -0.390. The summed E-state index contributed by atoms with van der Waals surface area (Å²) in [6, 6.07) is 8.53. The molecule has 210 valence electrons. The number of ether oxygens (including phenoxy) is 2. The molecule has 0 amide bonds. The van der Waals surface area contributed by atoms with E-state index in [1.165, 1.54) is 43.9 Å². The van der Waals surface area contributed by atoms with Crippen molar-refractivity contribution in [1.82, 2.24) is 9.21 Å². The van der Waals surface area contributed by atoms with Crippen LogP contribution >= 0.6 is 0 Å². The first-order valence-electron chi connectivity index (χ1n) is 14.8. The van der Waals surface area contributed by atoms with Gasteiger partial charge >= 0.3 is 0 Å². The van der Waals surface area contributed by atoms with Gasteiger partial charge in [0.2, 0.25) is 21.6 Å². The summed E-state index contributed by atoms with van der Waals surface area (Å²) < 4.78 is 37.9. The molecular formula is C29H42N2O6S. The summed E-state index contributed by atoms with van der Waals surface area (Å²) in [7, 11) is -3.09. The van der Waals surface area contributed by atoms with E-state index >= 15 is 0 Å². The largest absolute Gasteiger partial charge is 0.492 e. The third-order valence-corrected chi connectivity index (χ3v) is 11.7. The Morgan fingerprint density at radius 2 is 1.63 bits per heavy atom. The second-order valence-electron chi connectivity index (χ2n) is 12.9. The van der Waals surface area contributed by atoms with Crippen molar-refractivity contribution in [3.63, 3.8) is 0 Å². The zero-order valence-electron chi connectivity index (χ0n) is 22.6. The van der Waals surface area contributed by atoms with Gasteiger partial charge in [0.25, 0.3) is 0 Å². The number of sulfonamides is 1. The van der Waals surface area contributed by atoms with Crippen LogP contribution in [0.1, 0.15) is 69.3 Å². The summed E-state index contributed by atoms with van der Waals surface area (Å²) in [5.74, 6) is 2.90.